The van der Waals surface area contributed by atoms with E-state index in [1.165, 1.54) is 0 Å². The van der Waals surface area contributed by atoms with E-state index in [2.05, 4.69) is 38.7 Å². The minimum atomic E-state index is -0.415. The molecular formula is C18H29BN2O3. The molecule has 0 bridgehead atoms. The van der Waals surface area contributed by atoms with Gasteiger partial charge in [-0.3, -0.25) is 0 Å². The van der Waals surface area contributed by atoms with Gasteiger partial charge in [-0.25, -0.2) is 4.98 Å². The van der Waals surface area contributed by atoms with Crippen molar-refractivity contribution in [1.82, 2.24) is 4.98 Å². The van der Waals surface area contributed by atoms with Gasteiger partial charge in [0.1, 0.15) is 5.82 Å². The molecular weight excluding hydrogens is 303 g/mol. The van der Waals surface area contributed by atoms with Crippen LogP contribution in [0.2, 0.25) is 0 Å². The molecule has 2 aliphatic rings. The Balaban J connectivity index is 1.70. The van der Waals surface area contributed by atoms with Crippen LogP contribution in [-0.4, -0.2) is 48.1 Å². The van der Waals surface area contributed by atoms with Crippen molar-refractivity contribution >= 4 is 18.5 Å². The highest BCUT2D eigenvalue weighted by atomic mass is 16.7. The van der Waals surface area contributed by atoms with Gasteiger partial charge >= 0.3 is 7.12 Å². The molecule has 2 saturated heterocycles. The second kappa shape index (κ2) is 6.66. The number of hydrogen-bond acceptors (Lipinski definition) is 5. The van der Waals surface area contributed by atoms with Crippen LogP contribution in [0.4, 0.5) is 5.82 Å². The summed E-state index contributed by atoms with van der Waals surface area (Å²) in [6.45, 7) is 10.5. The Hall–Kier alpha value is -1.11. The fourth-order valence-electron chi connectivity index (χ4n) is 3.34. The summed E-state index contributed by atoms with van der Waals surface area (Å²) in [5, 5.41) is 9.09. The molecule has 2 fully saturated rings. The van der Waals surface area contributed by atoms with E-state index in [1.807, 2.05) is 12.1 Å². The third-order valence-corrected chi connectivity index (χ3v) is 5.73. The maximum absolute atomic E-state index is 9.09. The molecule has 1 aromatic rings. The zero-order chi connectivity index (χ0) is 17.4. The van der Waals surface area contributed by atoms with Crippen LogP contribution in [0.3, 0.4) is 0 Å². The van der Waals surface area contributed by atoms with E-state index >= 15 is 0 Å². The van der Waals surface area contributed by atoms with Gasteiger partial charge in [0.25, 0.3) is 0 Å². The Morgan fingerprint density at radius 1 is 1.17 bits per heavy atom. The molecule has 6 heteroatoms. The number of pyridine rings is 1. The lowest BCUT2D eigenvalue weighted by atomic mass is 9.84. The first-order valence-corrected chi connectivity index (χ1v) is 9.01. The maximum Gasteiger partial charge on any atom is 0.514 e. The number of nitrogens with zero attached hydrogens (tertiary/aromatic N) is 2. The molecule has 0 atom stereocenters. The summed E-state index contributed by atoms with van der Waals surface area (Å²) in [5.74, 6) is 1.63. The molecule has 0 saturated carbocycles. The van der Waals surface area contributed by atoms with Gasteiger partial charge in [-0.05, 0) is 65.0 Å². The van der Waals surface area contributed by atoms with Crippen molar-refractivity contribution in [3.05, 3.63) is 18.2 Å². The van der Waals surface area contributed by atoms with Gasteiger partial charge in [0, 0.05) is 19.7 Å². The standard InChI is InChI=1S/C18H29BN2O3/c1-17(2)18(3,4)24-19(23-17)15-6-5-7-16(20-15)21-11-8-14(9-12-21)10-13-22/h5-7,14,22H,8-13H2,1-4H3. The summed E-state index contributed by atoms with van der Waals surface area (Å²) in [4.78, 5) is 7.13. The second-order valence-corrected chi connectivity index (χ2v) is 7.95. The van der Waals surface area contributed by atoms with E-state index < -0.39 is 7.12 Å². The molecule has 3 heterocycles. The van der Waals surface area contributed by atoms with Crippen LogP contribution in [0.25, 0.3) is 0 Å². The van der Waals surface area contributed by atoms with Gasteiger partial charge in [-0.2, -0.15) is 0 Å². The van der Waals surface area contributed by atoms with Gasteiger partial charge in [0.15, 0.2) is 0 Å². The average Bonchev–Trinajstić information content (AvgIpc) is 2.77. The molecule has 0 spiro atoms. The van der Waals surface area contributed by atoms with E-state index in [9.17, 15) is 0 Å². The molecule has 0 aromatic carbocycles. The third kappa shape index (κ3) is 3.46. The number of hydrogen-bond donors (Lipinski definition) is 1. The van der Waals surface area contributed by atoms with E-state index in [-0.39, 0.29) is 11.2 Å². The third-order valence-electron chi connectivity index (χ3n) is 5.73. The summed E-state index contributed by atoms with van der Waals surface area (Å²) in [5.41, 5.74) is 0.138. The van der Waals surface area contributed by atoms with Gasteiger partial charge < -0.3 is 19.3 Å². The second-order valence-electron chi connectivity index (χ2n) is 7.95. The topological polar surface area (TPSA) is 54.8 Å². The molecule has 132 valence electrons. The van der Waals surface area contributed by atoms with Gasteiger partial charge in [-0.15, -0.1) is 0 Å². The summed E-state index contributed by atoms with van der Waals surface area (Å²) >= 11 is 0. The van der Waals surface area contributed by atoms with Crippen molar-refractivity contribution < 1.29 is 14.4 Å². The number of piperidine rings is 1. The van der Waals surface area contributed by atoms with E-state index in [0.29, 0.717) is 12.5 Å². The molecule has 24 heavy (non-hydrogen) atoms. The van der Waals surface area contributed by atoms with Crippen LogP contribution < -0.4 is 10.5 Å². The first-order valence-electron chi connectivity index (χ1n) is 9.01. The number of anilines is 1. The van der Waals surface area contributed by atoms with Crippen molar-refractivity contribution in [3.63, 3.8) is 0 Å². The molecule has 0 aliphatic carbocycles. The molecule has 5 nitrogen and oxygen atoms in total. The monoisotopic (exact) mass is 332 g/mol. The van der Waals surface area contributed by atoms with E-state index in [1.54, 1.807) is 0 Å². The number of rotatable bonds is 4. The number of aliphatic hydroxyl groups is 1. The highest BCUT2D eigenvalue weighted by Gasteiger charge is 2.52. The highest BCUT2D eigenvalue weighted by Crippen LogP contribution is 2.36. The van der Waals surface area contributed by atoms with Crippen molar-refractivity contribution in [1.29, 1.82) is 0 Å². The molecule has 3 rings (SSSR count). The quantitative estimate of drug-likeness (QED) is 0.855. The zero-order valence-electron chi connectivity index (χ0n) is 15.3. The smallest absolute Gasteiger partial charge is 0.398 e. The fourth-order valence-corrected chi connectivity index (χ4v) is 3.34. The lowest BCUT2D eigenvalue weighted by Gasteiger charge is -2.32. The molecule has 0 unspecified atom stereocenters. The summed E-state index contributed by atoms with van der Waals surface area (Å²) in [6.07, 6.45) is 3.14. The number of aromatic nitrogens is 1. The Bertz CT molecular complexity index is 555. The van der Waals surface area contributed by atoms with Crippen LogP contribution in [0, 0.1) is 5.92 Å². The fraction of sp³-hybridized carbons (Fsp3) is 0.722. The molecule has 2 aliphatic heterocycles. The van der Waals surface area contributed by atoms with Gasteiger partial charge in [0.05, 0.1) is 16.8 Å². The van der Waals surface area contributed by atoms with E-state index in [0.717, 1.165) is 43.8 Å². The molecule has 1 N–H and O–H groups in total. The Labute approximate surface area is 145 Å². The minimum Gasteiger partial charge on any atom is -0.398 e. The zero-order valence-corrected chi connectivity index (χ0v) is 15.3. The predicted molar refractivity (Wildman–Crippen MR) is 96.6 cm³/mol. The normalized spacial score (nSPS) is 23.7. The van der Waals surface area contributed by atoms with Gasteiger partial charge in [0.2, 0.25) is 0 Å². The van der Waals surface area contributed by atoms with E-state index in [4.69, 9.17) is 19.4 Å². The SMILES string of the molecule is CC1(C)OB(c2cccc(N3CCC(CCO)CC3)n2)OC1(C)C. The van der Waals surface area contributed by atoms with Crippen molar-refractivity contribution in [3.8, 4) is 0 Å². The summed E-state index contributed by atoms with van der Waals surface area (Å²) in [7, 11) is -0.415. The number of aliphatic hydroxyl groups excluding tert-OH is 1. The van der Waals surface area contributed by atoms with Crippen molar-refractivity contribution in [2.45, 2.75) is 58.2 Å². The first kappa shape index (κ1) is 17.7. The van der Waals surface area contributed by atoms with Crippen LogP contribution in [0.1, 0.15) is 47.0 Å². The molecule has 1 aromatic heterocycles. The van der Waals surface area contributed by atoms with Crippen molar-refractivity contribution in [2.75, 3.05) is 24.6 Å². The summed E-state index contributed by atoms with van der Waals surface area (Å²) < 4.78 is 12.2. The lowest BCUT2D eigenvalue weighted by Crippen LogP contribution is -2.41. The molecule has 0 radical (unpaired) electrons. The largest absolute Gasteiger partial charge is 0.514 e. The van der Waals surface area contributed by atoms with Crippen molar-refractivity contribution in [2.24, 2.45) is 5.92 Å². The van der Waals surface area contributed by atoms with Crippen LogP contribution in [0.5, 0.6) is 0 Å². The van der Waals surface area contributed by atoms with Crippen LogP contribution in [0.15, 0.2) is 18.2 Å². The predicted octanol–water partition coefficient (Wildman–Crippen LogP) is 1.98. The van der Waals surface area contributed by atoms with Crippen LogP contribution in [-0.2, 0) is 9.31 Å². The Kier molecular flexibility index (Phi) is 4.91. The first-order chi connectivity index (χ1) is 11.3. The molecule has 0 amide bonds. The average molecular weight is 332 g/mol. The van der Waals surface area contributed by atoms with Gasteiger partial charge in [-0.1, -0.05) is 6.07 Å². The Morgan fingerprint density at radius 2 is 1.79 bits per heavy atom. The Morgan fingerprint density at radius 3 is 2.38 bits per heavy atom. The highest BCUT2D eigenvalue weighted by molar-refractivity contribution is 6.61. The lowest BCUT2D eigenvalue weighted by molar-refractivity contribution is 0.00578. The van der Waals surface area contributed by atoms with Crippen LogP contribution >= 0.6 is 0 Å². The summed E-state index contributed by atoms with van der Waals surface area (Å²) in [6, 6.07) is 6.06. The maximum atomic E-state index is 9.09. The minimum absolute atomic E-state index is 0.292.